The number of anilines is 1. The van der Waals surface area contributed by atoms with Gasteiger partial charge in [0.05, 0.1) is 42.4 Å². The largest absolute Gasteiger partial charge is 0.357 e. The average Bonchev–Trinajstić information content (AvgIpc) is 3.38. The molecule has 4 heterocycles. The molecule has 8 heteroatoms. The van der Waals surface area contributed by atoms with Crippen LogP contribution in [0.15, 0.2) is 30.4 Å². The second-order valence-electron chi connectivity index (χ2n) is 6.66. The minimum absolute atomic E-state index is 0.201. The summed E-state index contributed by atoms with van der Waals surface area (Å²) in [5, 5.41) is 9.70. The van der Waals surface area contributed by atoms with E-state index in [0.29, 0.717) is 18.2 Å². The van der Waals surface area contributed by atoms with Gasteiger partial charge in [-0.3, -0.25) is 9.59 Å². The van der Waals surface area contributed by atoms with E-state index in [1.54, 1.807) is 18.2 Å². The Bertz CT molecular complexity index is 903. The van der Waals surface area contributed by atoms with E-state index in [1.165, 1.54) is 12.1 Å². The number of nitrogens with zero attached hydrogens (tertiary/aromatic N) is 2. The Morgan fingerprint density at radius 1 is 1.23 bits per heavy atom. The molecule has 0 aromatic heterocycles. The molecule has 1 aromatic carbocycles. The molecule has 0 aliphatic carbocycles. The molecule has 4 atom stereocenters. The molecule has 4 aliphatic heterocycles. The van der Waals surface area contributed by atoms with Crippen LogP contribution in [-0.2, 0) is 23.8 Å². The van der Waals surface area contributed by atoms with Gasteiger partial charge < -0.3 is 14.2 Å². The van der Waals surface area contributed by atoms with Crippen LogP contribution in [-0.4, -0.2) is 43.0 Å². The van der Waals surface area contributed by atoms with Gasteiger partial charge in [0, 0.05) is 5.02 Å². The first kappa shape index (κ1) is 16.0. The lowest BCUT2D eigenvalue weighted by molar-refractivity contribution is -0.180. The van der Waals surface area contributed by atoms with Gasteiger partial charge in [0.15, 0.2) is 11.9 Å². The summed E-state index contributed by atoms with van der Waals surface area (Å²) in [6.45, 7) is 0.814. The Balaban J connectivity index is 1.60. The number of imide groups is 1. The summed E-state index contributed by atoms with van der Waals surface area (Å²) >= 11 is 6.03. The SMILES string of the molecule is N#Cc1ccc(Cl)cc1N1C(=O)[C@@H]2[C@H]3C=C[C@@](C4OCCO4)(O3)[C@H]2C1=O. The molecule has 2 bridgehead atoms. The van der Waals surface area contributed by atoms with Crippen molar-refractivity contribution in [2.75, 3.05) is 18.1 Å². The van der Waals surface area contributed by atoms with Gasteiger partial charge in [0.2, 0.25) is 11.8 Å². The smallest absolute Gasteiger partial charge is 0.241 e. The fourth-order valence-corrected chi connectivity index (χ4v) is 4.51. The van der Waals surface area contributed by atoms with Crippen LogP contribution >= 0.6 is 11.6 Å². The number of amides is 2. The lowest BCUT2D eigenvalue weighted by Gasteiger charge is -2.32. The number of benzene rings is 1. The maximum Gasteiger partial charge on any atom is 0.241 e. The first-order valence-electron chi connectivity index (χ1n) is 8.24. The Labute approximate surface area is 153 Å². The van der Waals surface area contributed by atoms with E-state index in [1.807, 2.05) is 6.07 Å². The Kier molecular flexibility index (Phi) is 3.30. The van der Waals surface area contributed by atoms with Crippen LogP contribution in [0.2, 0.25) is 5.02 Å². The highest BCUT2D eigenvalue weighted by Crippen LogP contribution is 2.55. The number of fused-ring (bicyclic) bond motifs is 5. The van der Waals surface area contributed by atoms with Crippen molar-refractivity contribution < 1.29 is 23.8 Å². The Morgan fingerprint density at radius 3 is 2.73 bits per heavy atom. The van der Waals surface area contributed by atoms with Gasteiger partial charge in [-0.25, -0.2) is 4.90 Å². The minimum atomic E-state index is -1.11. The number of rotatable bonds is 2. The van der Waals surface area contributed by atoms with E-state index in [-0.39, 0.29) is 11.3 Å². The number of ether oxygens (including phenoxy) is 3. The molecule has 3 fully saturated rings. The lowest BCUT2D eigenvalue weighted by Crippen LogP contribution is -2.49. The fraction of sp³-hybridized carbons (Fsp3) is 0.389. The highest BCUT2D eigenvalue weighted by Gasteiger charge is 2.71. The molecular formula is C18H13ClN2O5. The Morgan fingerprint density at radius 2 is 2.00 bits per heavy atom. The van der Waals surface area contributed by atoms with Gasteiger partial charge in [-0.2, -0.15) is 5.26 Å². The Hall–Kier alpha value is -2.24. The summed E-state index contributed by atoms with van der Waals surface area (Å²) in [6.07, 6.45) is 2.31. The maximum absolute atomic E-state index is 13.3. The second-order valence-corrected chi connectivity index (χ2v) is 7.09. The van der Waals surface area contributed by atoms with Crippen LogP contribution in [0.1, 0.15) is 5.56 Å². The van der Waals surface area contributed by atoms with Crippen LogP contribution in [0.5, 0.6) is 0 Å². The molecule has 26 heavy (non-hydrogen) atoms. The predicted octanol–water partition coefficient (Wildman–Crippen LogP) is 1.40. The van der Waals surface area contributed by atoms with Crippen molar-refractivity contribution >= 4 is 29.1 Å². The third-order valence-electron chi connectivity index (χ3n) is 5.39. The molecule has 0 saturated carbocycles. The number of hydrogen-bond acceptors (Lipinski definition) is 6. The summed E-state index contributed by atoms with van der Waals surface area (Å²) in [7, 11) is 0. The van der Waals surface area contributed by atoms with Crippen LogP contribution in [0, 0.1) is 23.2 Å². The maximum atomic E-state index is 13.3. The van der Waals surface area contributed by atoms with E-state index in [9.17, 15) is 14.9 Å². The van der Waals surface area contributed by atoms with Crippen molar-refractivity contribution in [1.29, 1.82) is 5.26 Å². The van der Waals surface area contributed by atoms with E-state index in [4.69, 9.17) is 25.8 Å². The van der Waals surface area contributed by atoms with E-state index >= 15 is 0 Å². The molecule has 3 saturated heterocycles. The standard InChI is InChI=1S/C18H13ClN2O5/c19-10-2-1-9(8-20)11(7-10)21-15(22)13-12-3-4-18(26-12,14(13)16(21)23)17-24-5-6-25-17/h1-4,7,12-14,17H,5-6H2/t12-,13-,14-,18-/m1/s1. The number of halogens is 1. The van der Waals surface area contributed by atoms with Gasteiger partial charge in [-0.05, 0) is 24.3 Å². The second kappa shape index (κ2) is 5.38. The van der Waals surface area contributed by atoms with E-state index in [0.717, 1.165) is 4.90 Å². The average molecular weight is 373 g/mol. The topological polar surface area (TPSA) is 88.9 Å². The number of hydrogen-bond donors (Lipinski definition) is 0. The third kappa shape index (κ3) is 1.87. The van der Waals surface area contributed by atoms with E-state index in [2.05, 4.69) is 0 Å². The zero-order chi connectivity index (χ0) is 18.1. The molecule has 7 nitrogen and oxygen atoms in total. The van der Waals surface area contributed by atoms with Crippen molar-refractivity contribution in [2.24, 2.45) is 11.8 Å². The van der Waals surface area contributed by atoms with Crippen molar-refractivity contribution in [1.82, 2.24) is 0 Å². The van der Waals surface area contributed by atoms with Gasteiger partial charge in [-0.1, -0.05) is 17.7 Å². The molecular weight excluding hydrogens is 360 g/mol. The highest BCUT2D eigenvalue weighted by molar-refractivity contribution is 6.31. The van der Waals surface area contributed by atoms with E-state index < -0.39 is 41.6 Å². The molecule has 4 aliphatic rings. The zero-order valence-corrected chi connectivity index (χ0v) is 14.2. The van der Waals surface area contributed by atoms with Crippen molar-refractivity contribution in [3.8, 4) is 6.07 Å². The number of nitriles is 1. The highest BCUT2D eigenvalue weighted by atomic mass is 35.5. The normalized spacial score (nSPS) is 35.4. The lowest BCUT2D eigenvalue weighted by atomic mass is 9.76. The van der Waals surface area contributed by atoms with Gasteiger partial charge in [0.1, 0.15) is 6.07 Å². The molecule has 0 N–H and O–H groups in total. The summed E-state index contributed by atoms with van der Waals surface area (Å²) in [4.78, 5) is 27.4. The van der Waals surface area contributed by atoms with Crippen molar-refractivity contribution in [2.45, 2.75) is 18.0 Å². The summed E-state index contributed by atoms with van der Waals surface area (Å²) in [5.74, 6) is -2.23. The molecule has 0 unspecified atom stereocenters. The number of carbonyl (C=O) groups is 2. The zero-order valence-electron chi connectivity index (χ0n) is 13.4. The first-order valence-corrected chi connectivity index (χ1v) is 8.62. The third-order valence-corrected chi connectivity index (χ3v) is 5.62. The van der Waals surface area contributed by atoms with Crippen LogP contribution in [0.4, 0.5) is 5.69 Å². The van der Waals surface area contributed by atoms with Crippen LogP contribution in [0.25, 0.3) is 0 Å². The summed E-state index contributed by atoms with van der Waals surface area (Å²) < 4.78 is 17.2. The van der Waals surface area contributed by atoms with Gasteiger partial charge >= 0.3 is 0 Å². The van der Waals surface area contributed by atoms with Gasteiger partial charge in [0.25, 0.3) is 0 Å². The monoisotopic (exact) mass is 372 g/mol. The first-order chi connectivity index (χ1) is 12.6. The molecule has 0 spiro atoms. The quantitative estimate of drug-likeness (QED) is 0.576. The molecule has 5 rings (SSSR count). The predicted molar refractivity (Wildman–Crippen MR) is 88.1 cm³/mol. The minimum Gasteiger partial charge on any atom is -0.357 e. The molecule has 0 radical (unpaired) electrons. The van der Waals surface area contributed by atoms with Crippen molar-refractivity contribution in [3.05, 3.63) is 40.9 Å². The van der Waals surface area contributed by atoms with Crippen LogP contribution < -0.4 is 4.90 Å². The fourth-order valence-electron chi connectivity index (χ4n) is 4.35. The number of carbonyl (C=O) groups excluding carboxylic acids is 2. The van der Waals surface area contributed by atoms with Crippen LogP contribution in [0.3, 0.4) is 0 Å². The summed E-state index contributed by atoms with van der Waals surface area (Å²) in [6, 6.07) is 6.51. The van der Waals surface area contributed by atoms with Crippen molar-refractivity contribution in [3.63, 3.8) is 0 Å². The molecule has 1 aromatic rings. The van der Waals surface area contributed by atoms with Gasteiger partial charge in [-0.15, -0.1) is 0 Å². The summed E-state index contributed by atoms with van der Waals surface area (Å²) in [5.41, 5.74) is -0.703. The molecule has 2 amide bonds. The molecule has 132 valence electrons.